The van der Waals surface area contributed by atoms with Gasteiger partial charge in [0.05, 0.1) is 0 Å². The molecular formula is C10H18MgOSi. The molecule has 0 aliphatic heterocycles. The van der Waals surface area contributed by atoms with Gasteiger partial charge < -0.3 is 7.96 Å². The van der Waals surface area contributed by atoms with Crippen molar-refractivity contribution in [2.45, 2.75) is 25.7 Å². The summed E-state index contributed by atoms with van der Waals surface area (Å²) < 4.78 is 0. The van der Waals surface area contributed by atoms with Crippen LogP contribution in [0.3, 0.4) is 0 Å². The first-order valence-electron chi connectivity index (χ1n) is 4.25. The van der Waals surface area contributed by atoms with Crippen LogP contribution in [-0.4, -0.2) is 36.2 Å². The average molecular weight is 207 g/mol. The number of hydrogen-bond acceptors (Lipinski definition) is 1. The summed E-state index contributed by atoms with van der Waals surface area (Å²) >= 11 is 0. The van der Waals surface area contributed by atoms with Crippen LogP contribution in [-0.2, 0) is 6.04 Å². The number of phenols is 1. The van der Waals surface area contributed by atoms with Crippen LogP contribution in [0.4, 0.5) is 0 Å². The Labute approximate surface area is 100 Å². The van der Waals surface area contributed by atoms with E-state index >= 15 is 0 Å². The zero-order valence-electron chi connectivity index (χ0n) is 10.7. The molecule has 0 bridgehead atoms. The fraction of sp³-hybridized carbons (Fsp3) is 0.400. The molecule has 3 heteroatoms. The van der Waals surface area contributed by atoms with E-state index in [0.717, 1.165) is 0 Å². The maximum atomic E-state index is 9.07. The zero-order valence-corrected chi connectivity index (χ0v) is 11.1. The monoisotopic (exact) mass is 206 g/mol. The van der Waals surface area contributed by atoms with Crippen LogP contribution in [0, 0.1) is 0 Å². The Kier molecular flexibility index (Phi) is 5.03. The van der Waals surface area contributed by atoms with Crippen molar-refractivity contribution < 1.29 is 7.96 Å². The van der Waals surface area contributed by atoms with Crippen molar-refractivity contribution in [2.24, 2.45) is 0 Å². The molecule has 0 unspecified atom stereocenters. The van der Waals surface area contributed by atoms with Crippen LogP contribution in [0.2, 0.25) is 19.6 Å². The Balaban J connectivity index is -0.000000480. The second-order valence-electron chi connectivity index (χ2n) is 4.40. The SMILES string of the molecule is C[Si](C)(C)Cc1ccc(O)cc1.[H-].[H-].[Mg+2]. The van der Waals surface area contributed by atoms with Crippen LogP contribution >= 0.6 is 0 Å². The van der Waals surface area contributed by atoms with Gasteiger partial charge in [-0.15, -0.1) is 0 Å². The molecule has 13 heavy (non-hydrogen) atoms. The van der Waals surface area contributed by atoms with Gasteiger partial charge in [0.2, 0.25) is 0 Å². The Morgan fingerprint density at radius 1 is 1.15 bits per heavy atom. The van der Waals surface area contributed by atoms with E-state index in [1.54, 1.807) is 12.1 Å². The Morgan fingerprint density at radius 2 is 1.62 bits per heavy atom. The fourth-order valence-corrected chi connectivity index (χ4v) is 2.69. The second-order valence-corrected chi connectivity index (χ2v) is 9.88. The van der Waals surface area contributed by atoms with Gasteiger partial charge in [-0.1, -0.05) is 37.3 Å². The molecule has 0 atom stereocenters. The van der Waals surface area contributed by atoms with E-state index in [1.807, 2.05) is 12.1 Å². The van der Waals surface area contributed by atoms with E-state index < -0.39 is 8.07 Å². The van der Waals surface area contributed by atoms with Crippen molar-refractivity contribution >= 4 is 31.1 Å². The number of phenolic OH excluding ortho intramolecular Hbond substituents is 1. The third kappa shape index (κ3) is 5.34. The summed E-state index contributed by atoms with van der Waals surface area (Å²) in [4.78, 5) is 0. The molecule has 0 saturated carbocycles. The van der Waals surface area contributed by atoms with Crippen molar-refractivity contribution in [1.29, 1.82) is 0 Å². The second kappa shape index (κ2) is 5.03. The number of aromatic hydroxyl groups is 1. The third-order valence-electron chi connectivity index (χ3n) is 1.67. The molecule has 1 nitrogen and oxygen atoms in total. The normalized spacial score (nSPS) is 10.7. The molecule has 0 aromatic heterocycles. The first-order valence-corrected chi connectivity index (χ1v) is 7.96. The van der Waals surface area contributed by atoms with Gasteiger partial charge in [-0.05, 0) is 18.2 Å². The van der Waals surface area contributed by atoms with E-state index in [4.69, 9.17) is 5.11 Å². The van der Waals surface area contributed by atoms with E-state index in [1.165, 1.54) is 11.6 Å². The predicted molar refractivity (Wildman–Crippen MR) is 63.1 cm³/mol. The van der Waals surface area contributed by atoms with Gasteiger partial charge in [0, 0.05) is 8.07 Å². The van der Waals surface area contributed by atoms with Gasteiger partial charge in [-0.3, -0.25) is 0 Å². The van der Waals surface area contributed by atoms with Crippen LogP contribution in [0.5, 0.6) is 5.75 Å². The van der Waals surface area contributed by atoms with Crippen molar-refractivity contribution in [3.63, 3.8) is 0 Å². The van der Waals surface area contributed by atoms with Crippen molar-refractivity contribution in [3.05, 3.63) is 29.8 Å². The molecule has 0 aliphatic rings. The topological polar surface area (TPSA) is 20.2 Å². The molecule has 70 valence electrons. The Bertz CT molecular complexity index is 259. The predicted octanol–water partition coefficient (Wildman–Crippen LogP) is 2.66. The molecule has 0 saturated heterocycles. The molecule has 1 aromatic carbocycles. The molecule has 0 radical (unpaired) electrons. The van der Waals surface area contributed by atoms with E-state index in [0.29, 0.717) is 5.75 Å². The molecule has 1 aromatic rings. The summed E-state index contributed by atoms with van der Waals surface area (Å²) in [6.07, 6.45) is 0. The third-order valence-corrected chi connectivity index (χ3v) is 3.14. The summed E-state index contributed by atoms with van der Waals surface area (Å²) in [6.45, 7) is 7.04. The molecule has 0 spiro atoms. The van der Waals surface area contributed by atoms with Gasteiger partial charge >= 0.3 is 23.1 Å². The summed E-state index contributed by atoms with van der Waals surface area (Å²) in [5.41, 5.74) is 1.34. The Hall–Kier alpha value is 0.00312. The number of rotatable bonds is 2. The van der Waals surface area contributed by atoms with E-state index in [2.05, 4.69) is 19.6 Å². The van der Waals surface area contributed by atoms with Gasteiger partial charge in [-0.2, -0.15) is 0 Å². The largest absolute Gasteiger partial charge is 2.00 e. The minimum atomic E-state index is -0.997. The van der Waals surface area contributed by atoms with Crippen LogP contribution in [0.25, 0.3) is 0 Å². The van der Waals surface area contributed by atoms with Crippen molar-refractivity contribution in [1.82, 2.24) is 0 Å². The summed E-state index contributed by atoms with van der Waals surface area (Å²) in [5, 5.41) is 9.07. The average Bonchev–Trinajstić information content (AvgIpc) is 1.91. The molecule has 0 heterocycles. The molecule has 0 fully saturated rings. The maximum absolute atomic E-state index is 9.07. The quantitative estimate of drug-likeness (QED) is 0.738. The van der Waals surface area contributed by atoms with Crippen LogP contribution in [0.15, 0.2) is 24.3 Å². The molecule has 0 aliphatic carbocycles. The minimum absolute atomic E-state index is 0. The smallest absolute Gasteiger partial charge is 1.00 e. The van der Waals surface area contributed by atoms with Crippen LogP contribution < -0.4 is 0 Å². The van der Waals surface area contributed by atoms with Gasteiger partial charge in [-0.25, -0.2) is 0 Å². The van der Waals surface area contributed by atoms with E-state index in [9.17, 15) is 0 Å². The van der Waals surface area contributed by atoms with Crippen molar-refractivity contribution in [3.8, 4) is 5.75 Å². The first kappa shape index (κ1) is 13.0. The molecule has 0 amide bonds. The summed E-state index contributed by atoms with van der Waals surface area (Å²) in [6, 6.07) is 8.72. The minimum Gasteiger partial charge on any atom is -1.00 e. The maximum Gasteiger partial charge on any atom is 2.00 e. The molecule has 1 N–H and O–H groups in total. The standard InChI is InChI=1S/C10H16OSi.Mg.2H/c1-12(2,3)8-9-4-6-10(11)7-5-9;;;/h4-7,11H,8H2,1-3H3;;;/q;+2;2*-1. The van der Waals surface area contributed by atoms with Crippen molar-refractivity contribution in [2.75, 3.05) is 0 Å². The van der Waals surface area contributed by atoms with Gasteiger partial charge in [0.25, 0.3) is 0 Å². The zero-order chi connectivity index (χ0) is 9.19. The van der Waals surface area contributed by atoms with E-state index in [-0.39, 0.29) is 25.9 Å². The van der Waals surface area contributed by atoms with Gasteiger partial charge in [0.15, 0.2) is 0 Å². The molecule has 1 rings (SSSR count). The number of hydrogen-bond donors (Lipinski definition) is 1. The fourth-order valence-electron chi connectivity index (χ4n) is 1.23. The number of benzene rings is 1. The Morgan fingerprint density at radius 3 is 2.00 bits per heavy atom. The first-order chi connectivity index (χ1) is 5.47. The molecular weight excluding hydrogens is 188 g/mol. The van der Waals surface area contributed by atoms with Gasteiger partial charge in [0.1, 0.15) is 5.75 Å². The summed E-state index contributed by atoms with van der Waals surface area (Å²) in [5.74, 6) is 0.356. The summed E-state index contributed by atoms with van der Waals surface area (Å²) in [7, 11) is -0.997. The van der Waals surface area contributed by atoms with Crippen LogP contribution in [0.1, 0.15) is 8.42 Å².